The molecule has 1 unspecified atom stereocenters. The van der Waals surface area contributed by atoms with Gasteiger partial charge in [-0.3, -0.25) is 0 Å². The van der Waals surface area contributed by atoms with Crippen molar-refractivity contribution in [3.8, 4) is 0 Å². The molecule has 0 aromatic heterocycles. The highest BCUT2D eigenvalue weighted by Gasteiger charge is 2.25. The van der Waals surface area contributed by atoms with Crippen molar-refractivity contribution in [1.82, 2.24) is 5.32 Å². The van der Waals surface area contributed by atoms with E-state index in [1.165, 1.54) is 5.56 Å². The van der Waals surface area contributed by atoms with Crippen molar-refractivity contribution in [2.75, 3.05) is 11.5 Å². The maximum Gasteiger partial charge on any atom is 0.150 e. The zero-order chi connectivity index (χ0) is 14.0. The second-order valence-corrected chi connectivity index (χ2v) is 9.05. The second kappa shape index (κ2) is 6.24. The van der Waals surface area contributed by atoms with Crippen LogP contribution in [0.1, 0.15) is 31.4 Å². The first-order valence-corrected chi connectivity index (χ1v) is 9.69. The highest BCUT2D eigenvalue weighted by atomic mass is 79.9. The average molecular weight is 411 g/mol. The molecule has 0 bridgehead atoms. The standard InChI is InChI=1S/C13H17Br2NO2S/c1-9(12-3-2-10(14)8-13(12)15)16-11-4-6-19(17,18)7-5-11/h2-3,8-9,11,16H,4-7H2,1H3. The second-order valence-electron chi connectivity index (χ2n) is 4.98. The Morgan fingerprint density at radius 1 is 1.26 bits per heavy atom. The van der Waals surface area contributed by atoms with E-state index < -0.39 is 9.84 Å². The Labute approximate surface area is 131 Å². The van der Waals surface area contributed by atoms with Gasteiger partial charge in [0.2, 0.25) is 0 Å². The van der Waals surface area contributed by atoms with Gasteiger partial charge in [-0.15, -0.1) is 0 Å². The van der Waals surface area contributed by atoms with Crippen LogP contribution in [-0.2, 0) is 9.84 Å². The monoisotopic (exact) mass is 409 g/mol. The van der Waals surface area contributed by atoms with Gasteiger partial charge in [0.1, 0.15) is 9.84 Å². The zero-order valence-corrected chi connectivity index (χ0v) is 14.7. The van der Waals surface area contributed by atoms with Crippen molar-refractivity contribution >= 4 is 41.7 Å². The predicted octanol–water partition coefficient (Wildman–Crippen LogP) is 3.44. The summed E-state index contributed by atoms with van der Waals surface area (Å²) in [6.45, 7) is 2.11. The number of halogens is 2. The predicted molar refractivity (Wildman–Crippen MR) is 85.1 cm³/mol. The van der Waals surface area contributed by atoms with Gasteiger partial charge in [-0.1, -0.05) is 37.9 Å². The van der Waals surface area contributed by atoms with Crippen LogP contribution in [0.25, 0.3) is 0 Å². The Balaban J connectivity index is 2.00. The summed E-state index contributed by atoms with van der Waals surface area (Å²) in [5.41, 5.74) is 1.19. The van der Waals surface area contributed by atoms with Crippen LogP contribution in [0.3, 0.4) is 0 Å². The van der Waals surface area contributed by atoms with Crippen LogP contribution >= 0.6 is 31.9 Å². The topological polar surface area (TPSA) is 46.2 Å². The summed E-state index contributed by atoms with van der Waals surface area (Å²) in [6.07, 6.45) is 1.42. The quantitative estimate of drug-likeness (QED) is 0.829. The summed E-state index contributed by atoms with van der Waals surface area (Å²) in [5.74, 6) is 0.609. The van der Waals surface area contributed by atoms with Gasteiger partial charge in [-0.05, 0) is 37.5 Å². The number of nitrogens with one attached hydrogen (secondary N) is 1. The molecule has 2 rings (SSSR count). The molecule has 0 radical (unpaired) electrons. The lowest BCUT2D eigenvalue weighted by Gasteiger charge is -2.27. The first-order valence-electron chi connectivity index (χ1n) is 6.29. The van der Waals surface area contributed by atoms with Crippen LogP contribution in [-0.4, -0.2) is 26.0 Å². The lowest BCUT2D eigenvalue weighted by molar-refractivity contribution is 0.419. The van der Waals surface area contributed by atoms with E-state index in [1.54, 1.807) is 0 Å². The number of benzene rings is 1. The third-order valence-corrected chi connectivity index (χ3v) is 6.36. The van der Waals surface area contributed by atoms with E-state index in [-0.39, 0.29) is 12.1 Å². The summed E-state index contributed by atoms with van der Waals surface area (Å²) in [7, 11) is -2.79. The third-order valence-electron chi connectivity index (χ3n) is 3.47. The molecule has 1 atom stereocenters. The van der Waals surface area contributed by atoms with Gasteiger partial charge >= 0.3 is 0 Å². The molecule has 0 amide bonds. The molecule has 1 aliphatic heterocycles. The van der Waals surface area contributed by atoms with E-state index in [4.69, 9.17) is 0 Å². The molecule has 1 N–H and O–H groups in total. The van der Waals surface area contributed by atoms with Crippen LogP contribution in [0, 0.1) is 0 Å². The molecule has 6 heteroatoms. The van der Waals surface area contributed by atoms with E-state index in [2.05, 4.69) is 50.2 Å². The molecule has 1 saturated heterocycles. The fourth-order valence-corrected chi connectivity index (χ4v) is 5.23. The van der Waals surface area contributed by atoms with Gasteiger partial charge in [0.05, 0.1) is 11.5 Å². The molecule has 1 heterocycles. The Kier molecular flexibility index (Phi) is 5.09. The smallest absolute Gasteiger partial charge is 0.150 e. The summed E-state index contributed by atoms with van der Waals surface area (Å²) < 4.78 is 24.9. The number of hydrogen-bond acceptors (Lipinski definition) is 3. The summed E-state index contributed by atoms with van der Waals surface area (Å²) >= 11 is 7.00. The minimum atomic E-state index is -2.79. The minimum absolute atomic E-state index is 0.202. The number of rotatable bonds is 3. The highest BCUT2D eigenvalue weighted by molar-refractivity contribution is 9.11. The van der Waals surface area contributed by atoms with E-state index in [1.807, 2.05) is 12.1 Å². The Hall–Kier alpha value is 0.0900. The molecule has 1 aromatic rings. The summed E-state index contributed by atoms with van der Waals surface area (Å²) in [4.78, 5) is 0. The molecule has 1 aromatic carbocycles. The molecule has 19 heavy (non-hydrogen) atoms. The van der Waals surface area contributed by atoms with Crippen molar-refractivity contribution in [2.24, 2.45) is 0 Å². The van der Waals surface area contributed by atoms with Gasteiger partial charge in [0.25, 0.3) is 0 Å². The maximum absolute atomic E-state index is 11.4. The maximum atomic E-state index is 11.4. The van der Waals surface area contributed by atoms with Crippen molar-refractivity contribution in [3.63, 3.8) is 0 Å². The average Bonchev–Trinajstić information content (AvgIpc) is 2.31. The normalized spacial score (nSPS) is 21.2. The largest absolute Gasteiger partial charge is 0.307 e. The highest BCUT2D eigenvalue weighted by Crippen LogP contribution is 2.27. The first-order chi connectivity index (χ1) is 8.87. The first kappa shape index (κ1) is 15.5. The fourth-order valence-electron chi connectivity index (χ4n) is 2.35. The van der Waals surface area contributed by atoms with Gasteiger partial charge < -0.3 is 5.32 Å². The molecule has 1 aliphatic rings. The van der Waals surface area contributed by atoms with Crippen LogP contribution in [0.2, 0.25) is 0 Å². The van der Waals surface area contributed by atoms with Gasteiger partial charge in [-0.25, -0.2) is 8.42 Å². The van der Waals surface area contributed by atoms with Crippen molar-refractivity contribution in [3.05, 3.63) is 32.7 Å². The van der Waals surface area contributed by atoms with Crippen molar-refractivity contribution in [1.29, 1.82) is 0 Å². The third kappa shape index (κ3) is 4.28. The van der Waals surface area contributed by atoms with Crippen LogP contribution in [0.5, 0.6) is 0 Å². The lowest BCUT2D eigenvalue weighted by Crippen LogP contribution is -2.38. The van der Waals surface area contributed by atoms with Crippen LogP contribution in [0.15, 0.2) is 27.1 Å². The van der Waals surface area contributed by atoms with Crippen molar-refractivity contribution in [2.45, 2.75) is 31.8 Å². The SMILES string of the molecule is CC(NC1CCS(=O)(=O)CC1)c1ccc(Br)cc1Br. The molecule has 1 fully saturated rings. The molecule has 0 spiro atoms. The van der Waals surface area contributed by atoms with E-state index >= 15 is 0 Å². The zero-order valence-electron chi connectivity index (χ0n) is 10.7. The molecule has 106 valence electrons. The van der Waals surface area contributed by atoms with Crippen molar-refractivity contribution < 1.29 is 8.42 Å². The van der Waals surface area contributed by atoms with Gasteiger partial charge in [-0.2, -0.15) is 0 Å². The number of hydrogen-bond donors (Lipinski definition) is 1. The van der Waals surface area contributed by atoms with E-state index in [0.717, 1.165) is 8.95 Å². The van der Waals surface area contributed by atoms with Crippen LogP contribution < -0.4 is 5.32 Å². The van der Waals surface area contributed by atoms with Crippen LogP contribution in [0.4, 0.5) is 0 Å². The van der Waals surface area contributed by atoms with E-state index in [0.29, 0.717) is 24.3 Å². The number of sulfone groups is 1. The molecule has 0 saturated carbocycles. The molecule has 3 nitrogen and oxygen atoms in total. The Morgan fingerprint density at radius 3 is 2.47 bits per heavy atom. The lowest BCUT2D eigenvalue weighted by atomic mass is 10.1. The molecular formula is C13H17Br2NO2S. The summed E-state index contributed by atoms with van der Waals surface area (Å²) in [6, 6.07) is 6.61. The van der Waals surface area contributed by atoms with Gasteiger partial charge in [0.15, 0.2) is 0 Å². The molecule has 0 aliphatic carbocycles. The fraction of sp³-hybridized carbons (Fsp3) is 0.538. The molecular weight excluding hydrogens is 394 g/mol. The van der Waals surface area contributed by atoms with E-state index in [9.17, 15) is 8.42 Å². The van der Waals surface area contributed by atoms with Gasteiger partial charge in [0, 0.05) is 21.0 Å². The minimum Gasteiger partial charge on any atom is -0.307 e. The summed E-state index contributed by atoms with van der Waals surface area (Å²) in [5, 5.41) is 3.52. The Morgan fingerprint density at radius 2 is 1.89 bits per heavy atom. The Bertz CT molecular complexity index is 546.